The highest BCUT2D eigenvalue weighted by Gasteiger charge is 2.14. The van der Waals surface area contributed by atoms with Crippen LogP contribution in [0.3, 0.4) is 0 Å². The van der Waals surface area contributed by atoms with Crippen molar-refractivity contribution in [1.82, 2.24) is 14.9 Å². The molecule has 1 N–H and O–H groups in total. The van der Waals surface area contributed by atoms with Crippen molar-refractivity contribution < 1.29 is 9.47 Å². The van der Waals surface area contributed by atoms with Gasteiger partial charge in [0.1, 0.15) is 5.82 Å². The van der Waals surface area contributed by atoms with Crippen LogP contribution in [0.5, 0.6) is 11.5 Å². The zero-order chi connectivity index (χ0) is 17.4. The Labute approximate surface area is 145 Å². The lowest BCUT2D eigenvalue weighted by Crippen LogP contribution is -2.14. The van der Waals surface area contributed by atoms with Crippen LogP contribution >= 0.6 is 0 Å². The summed E-state index contributed by atoms with van der Waals surface area (Å²) >= 11 is 0. The largest absolute Gasteiger partial charge is 0.493 e. The molecule has 24 heavy (non-hydrogen) atoms. The number of benzene rings is 1. The van der Waals surface area contributed by atoms with E-state index in [9.17, 15) is 0 Å². The summed E-state index contributed by atoms with van der Waals surface area (Å²) in [5.74, 6) is 2.63. The van der Waals surface area contributed by atoms with Gasteiger partial charge < -0.3 is 19.4 Å². The lowest BCUT2D eigenvalue weighted by Gasteiger charge is -2.11. The number of imidazole rings is 1. The van der Waals surface area contributed by atoms with Crippen LogP contribution in [-0.4, -0.2) is 37.4 Å². The highest BCUT2D eigenvalue weighted by Crippen LogP contribution is 2.32. The van der Waals surface area contributed by atoms with Gasteiger partial charge in [0.25, 0.3) is 0 Å². The molecule has 0 radical (unpaired) electrons. The Hall–Kier alpha value is -1.75. The topological polar surface area (TPSA) is 48.3 Å². The Kier molecular flexibility index (Phi) is 7.37. The summed E-state index contributed by atoms with van der Waals surface area (Å²) in [4.78, 5) is 4.84. The van der Waals surface area contributed by atoms with Gasteiger partial charge in [0, 0.05) is 31.6 Å². The minimum atomic E-state index is 0.734. The number of aryl methyl sites for hydroxylation is 1. The van der Waals surface area contributed by atoms with E-state index in [0.717, 1.165) is 47.9 Å². The number of methoxy groups -OCH3 is 2. The molecule has 5 heteroatoms. The van der Waals surface area contributed by atoms with Gasteiger partial charge in [-0.3, -0.25) is 0 Å². The second kappa shape index (κ2) is 9.52. The molecule has 0 aliphatic heterocycles. The Morgan fingerprint density at radius 3 is 2.42 bits per heavy atom. The molecular formula is C19H31N3O2. The Morgan fingerprint density at radius 2 is 1.75 bits per heavy atom. The number of unbranched alkanes of at least 4 members (excludes halogenated alkanes) is 4. The number of nitrogens with zero attached hydrogens (tertiary/aromatic N) is 2. The Bertz CT molecular complexity index is 637. The molecule has 0 amide bonds. The number of ether oxygens (including phenoxy) is 2. The SMILES string of the molecule is CCCCCCCn1c(CCNC)nc2cc(OC)c(OC)cc21. The first-order valence-corrected chi connectivity index (χ1v) is 9.00. The van der Waals surface area contributed by atoms with Crippen molar-refractivity contribution >= 4 is 11.0 Å². The van der Waals surface area contributed by atoms with Gasteiger partial charge in [0.2, 0.25) is 0 Å². The molecule has 0 spiro atoms. The van der Waals surface area contributed by atoms with Crippen molar-refractivity contribution in [3.05, 3.63) is 18.0 Å². The van der Waals surface area contributed by atoms with Crippen LogP contribution in [0.1, 0.15) is 44.9 Å². The van der Waals surface area contributed by atoms with Gasteiger partial charge in [-0.05, 0) is 13.5 Å². The third-order valence-corrected chi connectivity index (χ3v) is 4.42. The summed E-state index contributed by atoms with van der Waals surface area (Å²) in [6, 6.07) is 4.03. The fourth-order valence-corrected chi connectivity index (χ4v) is 3.05. The third kappa shape index (κ3) is 4.41. The lowest BCUT2D eigenvalue weighted by atomic mass is 10.1. The van der Waals surface area contributed by atoms with E-state index < -0.39 is 0 Å². The van der Waals surface area contributed by atoms with Crippen molar-refractivity contribution in [2.45, 2.75) is 52.0 Å². The quantitative estimate of drug-likeness (QED) is 0.636. The molecule has 0 saturated heterocycles. The maximum Gasteiger partial charge on any atom is 0.163 e. The number of likely N-dealkylation sites (N-methyl/N-ethyl adjacent to an activating group) is 1. The minimum absolute atomic E-state index is 0.734. The lowest BCUT2D eigenvalue weighted by molar-refractivity contribution is 0.355. The molecule has 0 aliphatic rings. The normalized spacial score (nSPS) is 11.2. The maximum absolute atomic E-state index is 5.47. The van der Waals surface area contributed by atoms with Crippen molar-refractivity contribution in [3.63, 3.8) is 0 Å². The van der Waals surface area contributed by atoms with Gasteiger partial charge in [-0.15, -0.1) is 0 Å². The van der Waals surface area contributed by atoms with E-state index >= 15 is 0 Å². The van der Waals surface area contributed by atoms with E-state index in [4.69, 9.17) is 14.5 Å². The number of hydrogen-bond donors (Lipinski definition) is 1. The summed E-state index contributed by atoms with van der Waals surface area (Å²) in [6.07, 6.45) is 7.29. The molecule has 0 fully saturated rings. The first-order valence-electron chi connectivity index (χ1n) is 9.00. The summed E-state index contributed by atoms with van der Waals surface area (Å²) in [5.41, 5.74) is 2.11. The molecule has 0 atom stereocenters. The van der Waals surface area contributed by atoms with Gasteiger partial charge in [-0.25, -0.2) is 4.98 Å². The standard InChI is InChI=1S/C19H31N3O2/c1-5-6-7-8-9-12-22-16-14-18(24-4)17(23-3)13-15(16)21-19(22)10-11-20-2/h13-14,20H,5-12H2,1-4H3. The highest BCUT2D eigenvalue weighted by atomic mass is 16.5. The van der Waals surface area contributed by atoms with Crippen molar-refractivity contribution in [2.75, 3.05) is 27.8 Å². The summed E-state index contributed by atoms with van der Waals surface area (Å²) in [6.45, 7) is 4.18. The average Bonchev–Trinajstić information content (AvgIpc) is 2.95. The first-order chi connectivity index (χ1) is 11.7. The van der Waals surface area contributed by atoms with Crippen LogP contribution in [0.4, 0.5) is 0 Å². The molecule has 1 heterocycles. The smallest absolute Gasteiger partial charge is 0.163 e. The number of rotatable bonds is 11. The van der Waals surface area contributed by atoms with Gasteiger partial charge in [0.05, 0.1) is 25.3 Å². The van der Waals surface area contributed by atoms with E-state index in [0.29, 0.717) is 0 Å². The maximum atomic E-state index is 5.47. The van der Waals surface area contributed by atoms with E-state index in [2.05, 4.69) is 22.9 Å². The van der Waals surface area contributed by atoms with Crippen molar-refractivity contribution in [2.24, 2.45) is 0 Å². The molecule has 1 aromatic carbocycles. The molecule has 2 aromatic rings. The van der Waals surface area contributed by atoms with Gasteiger partial charge in [-0.2, -0.15) is 0 Å². The molecule has 134 valence electrons. The Morgan fingerprint density at radius 1 is 1.04 bits per heavy atom. The van der Waals surface area contributed by atoms with E-state index in [1.54, 1.807) is 14.2 Å². The van der Waals surface area contributed by atoms with Crippen molar-refractivity contribution in [3.8, 4) is 11.5 Å². The summed E-state index contributed by atoms with van der Waals surface area (Å²) in [5, 5.41) is 3.21. The predicted molar refractivity (Wildman–Crippen MR) is 99.2 cm³/mol. The predicted octanol–water partition coefficient (Wildman–Crippen LogP) is 3.79. The van der Waals surface area contributed by atoms with Crippen LogP contribution in [-0.2, 0) is 13.0 Å². The fraction of sp³-hybridized carbons (Fsp3) is 0.632. The van der Waals surface area contributed by atoms with Crippen LogP contribution in [0.15, 0.2) is 12.1 Å². The van der Waals surface area contributed by atoms with Crippen LogP contribution in [0, 0.1) is 0 Å². The third-order valence-electron chi connectivity index (χ3n) is 4.42. The van der Waals surface area contributed by atoms with E-state index in [1.807, 2.05) is 13.1 Å². The van der Waals surface area contributed by atoms with Gasteiger partial charge in [0.15, 0.2) is 11.5 Å². The average molecular weight is 333 g/mol. The summed E-state index contributed by atoms with van der Waals surface area (Å²) < 4.78 is 13.2. The number of hydrogen-bond acceptors (Lipinski definition) is 4. The first kappa shape index (κ1) is 18.6. The number of fused-ring (bicyclic) bond motifs is 1. The molecule has 0 unspecified atom stereocenters. The van der Waals surface area contributed by atoms with Crippen LogP contribution in [0.25, 0.3) is 11.0 Å². The zero-order valence-corrected chi connectivity index (χ0v) is 15.5. The number of aromatic nitrogens is 2. The Balaban J connectivity index is 2.28. The minimum Gasteiger partial charge on any atom is -0.493 e. The van der Waals surface area contributed by atoms with Gasteiger partial charge in [-0.1, -0.05) is 32.6 Å². The summed E-state index contributed by atoms with van der Waals surface area (Å²) in [7, 11) is 5.32. The zero-order valence-electron chi connectivity index (χ0n) is 15.5. The van der Waals surface area contributed by atoms with Crippen LogP contribution in [0.2, 0.25) is 0 Å². The second-order valence-corrected chi connectivity index (χ2v) is 6.14. The van der Waals surface area contributed by atoms with Crippen molar-refractivity contribution in [1.29, 1.82) is 0 Å². The highest BCUT2D eigenvalue weighted by molar-refractivity contribution is 5.80. The fourth-order valence-electron chi connectivity index (χ4n) is 3.05. The van der Waals surface area contributed by atoms with E-state index in [-0.39, 0.29) is 0 Å². The molecule has 2 rings (SSSR count). The molecule has 5 nitrogen and oxygen atoms in total. The van der Waals surface area contributed by atoms with Crippen LogP contribution < -0.4 is 14.8 Å². The molecule has 0 saturated carbocycles. The number of nitrogens with one attached hydrogen (secondary N) is 1. The molecular weight excluding hydrogens is 302 g/mol. The molecule has 0 bridgehead atoms. The monoisotopic (exact) mass is 333 g/mol. The van der Waals surface area contributed by atoms with Gasteiger partial charge >= 0.3 is 0 Å². The molecule has 0 aliphatic carbocycles. The molecule has 1 aromatic heterocycles. The second-order valence-electron chi connectivity index (χ2n) is 6.14. The van der Waals surface area contributed by atoms with E-state index in [1.165, 1.54) is 32.1 Å².